The molecule has 148 valence electrons. The highest BCUT2D eigenvalue weighted by atomic mass is 16.3. The van der Waals surface area contributed by atoms with Gasteiger partial charge in [0.15, 0.2) is 5.65 Å². The lowest BCUT2D eigenvalue weighted by Gasteiger charge is -2.07. The molecule has 4 aromatic rings. The predicted molar refractivity (Wildman–Crippen MR) is 114 cm³/mol. The van der Waals surface area contributed by atoms with Gasteiger partial charge in [0, 0.05) is 28.3 Å². The van der Waals surface area contributed by atoms with Crippen LogP contribution in [0.15, 0.2) is 28.7 Å². The highest BCUT2D eigenvalue weighted by molar-refractivity contribution is 6.09. The zero-order chi connectivity index (χ0) is 19.3. The number of tetrazole rings is 1. The molecule has 5 nitrogen and oxygen atoms in total. The minimum atomic E-state index is 0.825. The third-order valence-corrected chi connectivity index (χ3v) is 5.63. The second-order valence-corrected chi connectivity index (χ2v) is 7.83. The Hall–Kier alpha value is -2.43. The first kappa shape index (κ1) is 18.9. The van der Waals surface area contributed by atoms with Crippen LogP contribution in [0.4, 0.5) is 0 Å². The molecule has 5 heteroatoms. The Bertz CT molecular complexity index is 1060. The summed E-state index contributed by atoms with van der Waals surface area (Å²) in [6.45, 7) is 4.48. The summed E-state index contributed by atoms with van der Waals surface area (Å²) >= 11 is 0. The van der Waals surface area contributed by atoms with Crippen LogP contribution in [-0.2, 0) is 12.8 Å². The average molecular weight is 379 g/mol. The van der Waals surface area contributed by atoms with E-state index >= 15 is 0 Å². The van der Waals surface area contributed by atoms with Gasteiger partial charge in [-0.3, -0.25) is 0 Å². The number of hydrogen-bond acceptors (Lipinski definition) is 4. The number of hydrogen-bond donors (Lipinski definition) is 0. The van der Waals surface area contributed by atoms with Crippen molar-refractivity contribution in [2.45, 2.75) is 78.1 Å². The van der Waals surface area contributed by atoms with Gasteiger partial charge in [-0.05, 0) is 47.9 Å². The van der Waals surface area contributed by atoms with Gasteiger partial charge in [0.1, 0.15) is 11.3 Å². The number of aryl methyl sites for hydroxylation is 2. The topological polar surface area (TPSA) is 56.2 Å². The van der Waals surface area contributed by atoms with E-state index in [-0.39, 0.29) is 0 Å². The molecule has 0 bridgehead atoms. The largest absolute Gasteiger partial charge is 0.460 e. The summed E-state index contributed by atoms with van der Waals surface area (Å²) in [5, 5.41) is 15.8. The van der Waals surface area contributed by atoms with Crippen molar-refractivity contribution in [3.05, 3.63) is 35.7 Å². The van der Waals surface area contributed by atoms with Gasteiger partial charge in [-0.25, -0.2) is 0 Å². The van der Waals surface area contributed by atoms with E-state index in [1.54, 1.807) is 0 Å². The van der Waals surface area contributed by atoms with Crippen LogP contribution in [-0.4, -0.2) is 20.0 Å². The van der Waals surface area contributed by atoms with Crippen molar-refractivity contribution >= 4 is 27.4 Å². The first-order valence-electron chi connectivity index (χ1n) is 10.9. The quantitative estimate of drug-likeness (QED) is 0.305. The maximum atomic E-state index is 6.31. The maximum Gasteiger partial charge on any atom is 0.187 e. The minimum absolute atomic E-state index is 0.825. The van der Waals surface area contributed by atoms with Gasteiger partial charge in [-0.1, -0.05) is 58.4 Å². The number of unbranched alkanes of at least 4 members (excludes halogenated alkanes) is 6. The van der Waals surface area contributed by atoms with Gasteiger partial charge >= 0.3 is 0 Å². The number of benzene rings is 1. The van der Waals surface area contributed by atoms with Crippen molar-refractivity contribution in [2.24, 2.45) is 0 Å². The molecule has 3 aromatic heterocycles. The first-order chi connectivity index (χ1) is 13.8. The molecule has 0 spiro atoms. The molecule has 0 atom stereocenters. The van der Waals surface area contributed by atoms with E-state index in [1.807, 2.05) is 4.52 Å². The smallest absolute Gasteiger partial charge is 0.187 e. The van der Waals surface area contributed by atoms with Crippen molar-refractivity contribution in [1.29, 1.82) is 0 Å². The summed E-state index contributed by atoms with van der Waals surface area (Å²) in [7, 11) is 0. The van der Waals surface area contributed by atoms with E-state index in [1.165, 1.54) is 50.3 Å². The molecule has 0 aliphatic rings. The molecule has 4 rings (SSSR count). The molecule has 0 aliphatic carbocycles. The Labute approximate surface area is 166 Å². The molecule has 0 radical (unpaired) electrons. The van der Waals surface area contributed by atoms with Crippen molar-refractivity contribution in [2.75, 3.05) is 0 Å². The summed E-state index contributed by atoms with van der Waals surface area (Å²) in [6.07, 6.45) is 11.9. The van der Waals surface area contributed by atoms with Crippen LogP contribution in [0.3, 0.4) is 0 Å². The zero-order valence-corrected chi connectivity index (χ0v) is 17.1. The van der Waals surface area contributed by atoms with Crippen molar-refractivity contribution < 1.29 is 4.42 Å². The summed E-state index contributed by atoms with van der Waals surface area (Å²) in [5.74, 6) is 1.09. The molecule has 0 unspecified atom stereocenters. The second-order valence-electron chi connectivity index (χ2n) is 7.83. The molecule has 0 amide bonds. The fourth-order valence-corrected chi connectivity index (χ4v) is 4.05. The molecular formula is C23H30N4O. The van der Waals surface area contributed by atoms with Crippen molar-refractivity contribution in [3.8, 4) is 0 Å². The minimum Gasteiger partial charge on any atom is -0.460 e. The Morgan fingerprint density at radius 2 is 1.64 bits per heavy atom. The Kier molecular flexibility index (Phi) is 5.89. The molecule has 28 heavy (non-hydrogen) atoms. The van der Waals surface area contributed by atoms with Gasteiger partial charge in [0.25, 0.3) is 0 Å². The molecular weight excluding hydrogens is 348 g/mol. The normalized spacial score (nSPS) is 11.9. The van der Waals surface area contributed by atoms with Gasteiger partial charge in [-0.2, -0.15) is 4.52 Å². The Morgan fingerprint density at radius 3 is 2.43 bits per heavy atom. The molecule has 0 saturated heterocycles. The molecule has 0 fully saturated rings. The summed E-state index contributed by atoms with van der Waals surface area (Å²) in [4.78, 5) is 0. The van der Waals surface area contributed by atoms with Crippen LogP contribution in [0.1, 0.15) is 76.7 Å². The van der Waals surface area contributed by atoms with Gasteiger partial charge < -0.3 is 4.42 Å². The summed E-state index contributed by atoms with van der Waals surface area (Å²) < 4.78 is 8.20. The van der Waals surface area contributed by atoms with Gasteiger partial charge in [0.2, 0.25) is 0 Å². The maximum absolute atomic E-state index is 6.31. The molecule has 1 aromatic carbocycles. The van der Waals surface area contributed by atoms with Crippen LogP contribution in [0.2, 0.25) is 0 Å². The summed E-state index contributed by atoms with van der Waals surface area (Å²) in [5.41, 5.74) is 2.96. The number of nitrogens with zero attached hydrogens (tertiary/aromatic N) is 4. The molecule has 0 saturated carbocycles. The fraction of sp³-hybridized carbons (Fsp3) is 0.522. The number of furan rings is 1. The summed E-state index contributed by atoms with van der Waals surface area (Å²) in [6, 6.07) is 8.69. The monoisotopic (exact) mass is 378 g/mol. The highest BCUT2D eigenvalue weighted by Gasteiger charge is 2.14. The predicted octanol–water partition coefficient (Wildman–Crippen LogP) is 6.27. The first-order valence-corrected chi connectivity index (χ1v) is 10.9. The highest BCUT2D eigenvalue weighted by Crippen LogP contribution is 2.31. The fourth-order valence-electron chi connectivity index (χ4n) is 4.05. The van der Waals surface area contributed by atoms with E-state index in [0.717, 1.165) is 52.7 Å². The van der Waals surface area contributed by atoms with E-state index in [2.05, 4.69) is 53.6 Å². The van der Waals surface area contributed by atoms with E-state index < -0.39 is 0 Å². The lowest BCUT2D eigenvalue weighted by Crippen LogP contribution is -2.00. The number of aromatic nitrogens is 4. The Balaban J connectivity index is 1.70. The molecule has 3 heterocycles. The van der Waals surface area contributed by atoms with Gasteiger partial charge in [0.05, 0.1) is 0 Å². The SMILES string of the molecule is CCCCCCc1cc2ccc3c(cc(CCCCCC)n4nnnc34)c2o1. The van der Waals surface area contributed by atoms with Gasteiger partial charge in [-0.15, -0.1) is 5.10 Å². The van der Waals surface area contributed by atoms with E-state index in [9.17, 15) is 0 Å². The van der Waals surface area contributed by atoms with Crippen LogP contribution >= 0.6 is 0 Å². The standard InChI is InChI=1S/C23H30N4O/c1-3-5-7-9-11-18-16-21-20(23-24-25-26-27(18)23)14-13-17-15-19(28-22(17)21)12-10-8-6-4-2/h13-16H,3-12H2,1-2H3. The van der Waals surface area contributed by atoms with Crippen LogP contribution < -0.4 is 0 Å². The zero-order valence-electron chi connectivity index (χ0n) is 17.1. The van der Waals surface area contributed by atoms with Crippen molar-refractivity contribution in [1.82, 2.24) is 20.0 Å². The molecule has 0 aliphatic heterocycles. The van der Waals surface area contributed by atoms with E-state index in [4.69, 9.17) is 4.42 Å². The number of fused-ring (bicyclic) bond motifs is 5. The lowest BCUT2D eigenvalue weighted by atomic mass is 10.1. The number of pyridine rings is 1. The molecule has 0 N–H and O–H groups in total. The second kappa shape index (κ2) is 8.72. The van der Waals surface area contributed by atoms with E-state index in [0.29, 0.717) is 0 Å². The van der Waals surface area contributed by atoms with Crippen LogP contribution in [0.25, 0.3) is 27.4 Å². The third kappa shape index (κ3) is 3.75. The van der Waals surface area contributed by atoms with Crippen LogP contribution in [0, 0.1) is 0 Å². The number of rotatable bonds is 10. The van der Waals surface area contributed by atoms with Crippen LogP contribution in [0.5, 0.6) is 0 Å². The average Bonchev–Trinajstić information content (AvgIpc) is 3.35. The Morgan fingerprint density at radius 1 is 0.857 bits per heavy atom. The third-order valence-electron chi connectivity index (χ3n) is 5.63. The lowest BCUT2D eigenvalue weighted by molar-refractivity contribution is 0.529. The van der Waals surface area contributed by atoms with Crippen molar-refractivity contribution in [3.63, 3.8) is 0 Å².